The zero-order valence-electron chi connectivity index (χ0n) is 7.47. The van der Waals surface area contributed by atoms with E-state index in [0.29, 0.717) is 5.92 Å². The standard InChI is InChI=1S/C8H21N3/c1-8(7-10)3-6-11-5-2-4-9/h8,11H,2-7,9-10H2,1H3. The molecular weight excluding hydrogens is 138 g/mol. The van der Waals surface area contributed by atoms with Gasteiger partial charge in [0.15, 0.2) is 0 Å². The van der Waals surface area contributed by atoms with Crippen LogP contribution in [0, 0.1) is 5.92 Å². The van der Waals surface area contributed by atoms with Gasteiger partial charge in [0.2, 0.25) is 0 Å². The number of nitrogens with one attached hydrogen (secondary N) is 1. The molecule has 0 aromatic heterocycles. The van der Waals surface area contributed by atoms with E-state index in [9.17, 15) is 0 Å². The van der Waals surface area contributed by atoms with Crippen LogP contribution in [0.15, 0.2) is 0 Å². The first-order chi connectivity index (χ1) is 5.31. The van der Waals surface area contributed by atoms with Crippen molar-refractivity contribution < 1.29 is 0 Å². The molecule has 0 aromatic carbocycles. The van der Waals surface area contributed by atoms with Gasteiger partial charge in [-0.25, -0.2) is 0 Å². The summed E-state index contributed by atoms with van der Waals surface area (Å²) in [6, 6.07) is 0. The summed E-state index contributed by atoms with van der Waals surface area (Å²) in [7, 11) is 0. The second-order valence-electron chi connectivity index (χ2n) is 3.02. The fourth-order valence-electron chi connectivity index (χ4n) is 0.818. The number of nitrogens with two attached hydrogens (primary N) is 2. The SMILES string of the molecule is CC(CN)CCNCCCN. The lowest BCUT2D eigenvalue weighted by Gasteiger charge is -2.08. The molecule has 0 spiro atoms. The molecule has 11 heavy (non-hydrogen) atoms. The average molecular weight is 159 g/mol. The molecule has 0 bridgehead atoms. The van der Waals surface area contributed by atoms with E-state index >= 15 is 0 Å². The largest absolute Gasteiger partial charge is 0.330 e. The second kappa shape index (κ2) is 7.98. The van der Waals surface area contributed by atoms with E-state index in [1.54, 1.807) is 0 Å². The summed E-state index contributed by atoms with van der Waals surface area (Å²) < 4.78 is 0. The van der Waals surface area contributed by atoms with Crippen LogP contribution in [-0.2, 0) is 0 Å². The van der Waals surface area contributed by atoms with Gasteiger partial charge in [0.25, 0.3) is 0 Å². The Bertz CT molecular complexity index is 75.7. The first-order valence-corrected chi connectivity index (χ1v) is 4.42. The van der Waals surface area contributed by atoms with Gasteiger partial charge in [0, 0.05) is 0 Å². The van der Waals surface area contributed by atoms with Crippen LogP contribution in [0.2, 0.25) is 0 Å². The van der Waals surface area contributed by atoms with E-state index in [1.165, 1.54) is 6.42 Å². The predicted molar refractivity (Wildman–Crippen MR) is 49.4 cm³/mol. The van der Waals surface area contributed by atoms with Crippen LogP contribution in [0.4, 0.5) is 0 Å². The molecule has 68 valence electrons. The number of hydrogen-bond donors (Lipinski definition) is 3. The summed E-state index contributed by atoms with van der Waals surface area (Å²) in [5.74, 6) is 0.639. The first-order valence-electron chi connectivity index (χ1n) is 4.42. The summed E-state index contributed by atoms with van der Waals surface area (Å²) in [5.41, 5.74) is 10.8. The average Bonchev–Trinajstić information content (AvgIpc) is 2.04. The van der Waals surface area contributed by atoms with Gasteiger partial charge in [-0.05, 0) is 44.9 Å². The minimum Gasteiger partial charge on any atom is -0.330 e. The third-order valence-corrected chi connectivity index (χ3v) is 1.77. The molecule has 0 amide bonds. The van der Waals surface area contributed by atoms with E-state index in [4.69, 9.17) is 11.5 Å². The molecule has 0 rings (SSSR count). The fourth-order valence-corrected chi connectivity index (χ4v) is 0.818. The molecule has 0 aliphatic rings. The van der Waals surface area contributed by atoms with Crippen LogP contribution in [0.1, 0.15) is 19.8 Å². The minimum absolute atomic E-state index is 0.639. The van der Waals surface area contributed by atoms with Crippen LogP contribution >= 0.6 is 0 Å². The predicted octanol–water partition coefficient (Wildman–Crippen LogP) is -0.0903. The maximum atomic E-state index is 5.47. The summed E-state index contributed by atoms with van der Waals surface area (Å²) in [4.78, 5) is 0. The number of rotatable bonds is 7. The highest BCUT2D eigenvalue weighted by atomic mass is 14.8. The molecule has 0 saturated carbocycles. The molecule has 0 heterocycles. The zero-order chi connectivity index (χ0) is 8.53. The van der Waals surface area contributed by atoms with Crippen molar-refractivity contribution in [2.24, 2.45) is 17.4 Å². The summed E-state index contributed by atoms with van der Waals surface area (Å²) in [5, 5.41) is 3.32. The summed E-state index contributed by atoms with van der Waals surface area (Å²) in [6.07, 6.45) is 2.23. The smallest absolute Gasteiger partial charge is 0.00369 e. The molecule has 0 aliphatic heterocycles. The molecule has 1 unspecified atom stereocenters. The highest BCUT2D eigenvalue weighted by molar-refractivity contribution is 4.55. The van der Waals surface area contributed by atoms with Crippen molar-refractivity contribution in [3.63, 3.8) is 0 Å². The van der Waals surface area contributed by atoms with Gasteiger partial charge in [0.1, 0.15) is 0 Å². The zero-order valence-corrected chi connectivity index (χ0v) is 7.47. The highest BCUT2D eigenvalue weighted by Gasteiger charge is 1.96. The summed E-state index contributed by atoms with van der Waals surface area (Å²) in [6.45, 7) is 5.84. The van der Waals surface area contributed by atoms with Crippen molar-refractivity contribution in [3.05, 3.63) is 0 Å². The van der Waals surface area contributed by atoms with Gasteiger partial charge in [0.05, 0.1) is 0 Å². The quantitative estimate of drug-likeness (QED) is 0.455. The van der Waals surface area contributed by atoms with E-state index in [-0.39, 0.29) is 0 Å². The Balaban J connectivity index is 2.89. The molecular formula is C8H21N3. The van der Waals surface area contributed by atoms with Gasteiger partial charge >= 0.3 is 0 Å². The Labute approximate surface area is 69.5 Å². The van der Waals surface area contributed by atoms with Gasteiger partial charge < -0.3 is 16.8 Å². The molecule has 1 atom stereocenters. The lowest BCUT2D eigenvalue weighted by molar-refractivity contribution is 0.507. The normalized spacial score (nSPS) is 13.4. The highest BCUT2D eigenvalue weighted by Crippen LogP contribution is 1.95. The maximum absolute atomic E-state index is 5.47. The first kappa shape index (κ1) is 10.9. The topological polar surface area (TPSA) is 64.1 Å². The Hall–Kier alpha value is -0.120. The molecule has 5 N–H and O–H groups in total. The van der Waals surface area contributed by atoms with E-state index < -0.39 is 0 Å². The van der Waals surface area contributed by atoms with Crippen molar-refractivity contribution in [1.29, 1.82) is 0 Å². The molecule has 0 aliphatic carbocycles. The monoisotopic (exact) mass is 159 g/mol. The number of hydrogen-bond acceptors (Lipinski definition) is 3. The molecule has 0 radical (unpaired) electrons. The van der Waals surface area contributed by atoms with Crippen molar-refractivity contribution in [3.8, 4) is 0 Å². The lowest BCUT2D eigenvalue weighted by Crippen LogP contribution is -2.22. The summed E-state index contributed by atoms with van der Waals surface area (Å²) >= 11 is 0. The van der Waals surface area contributed by atoms with Crippen LogP contribution < -0.4 is 16.8 Å². The fraction of sp³-hybridized carbons (Fsp3) is 1.00. The van der Waals surface area contributed by atoms with Crippen molar-refractivity contribution in [2.75, 3.05) is 26.2 Å². The van der Waals surface area contributed by atoms with E-state index in [0.717, 1.165) is 32.6 Å². The minimum atomic E-state index is 0.639. The van der Waals surface area contributed by atoms with Crippen LogP contribution in [0.25, 0.3) is 0 Å². The lowest BCUT2D eigenvalue weighted by atomic mass is 10.1. The van der Waals surface area contributed by atoms with Gasteiger partial charge in [-0.3, -0.25) is 0 Å². The molecule has 3 nitrogen and oxygen atoms in total. The van der Waals surface area contributed by atoms with Gasteiger partial charge in [-0.15, -0.1) is 0 Å². The van der Waals surface area contributed by atoms with Gasteiger partial charge in [-0.1, -0.05) is 6.92 Å². The third-order valence-electron chi connectivity index (χ3n) is 1.77. The Morgan fingerprint density at radius 2 is 2.00 bits per heavy atom. The van der Waals surface area contributed by atoms with Crippen molar-refractivity contribution in [2.45, 2.75) is 19.8 Å². The Morgan fingerprint density at radius 1 is 1.27 bits per heavy atom. The van der Waals surface area contributed by atoms with Crippen LogP contribution in [-0.4, -0.2) is 26.2 Å². The maximum Gasteiger partial charge on any atom is -0.00369 e. The van der Waals surface area contributed by atoms with Crippen LogP contribution in [0.3, 0.4) is 0 Å². The second-order valence-corrected chi connectivity index (χ2v) is 3.02. The van der Waals surface area contributed by atoms with E-state index in [2.05, 4.69) is 12.2 Å². The van der Waals surface area contributed by atoms with Crippen molar-refractivity contribution in [1.82, 2.24) is 5.32 Å². The Kier molecular flexibility index (Phi) is 7.89. The third kappa shape index (κ3) is 7.78. The Morgan fingerprint density at radius 3 is 2.55 bits per heavy atom. The van der Waals surface area contributed by atoms with Gasteiger partial charge in [-0.2, -0.15) is 0 Å². The van der Waals surface area contributed by atoms with Crippen LogP contribution in [0.5, 0.6) is 0 Å². The molecule has 0 fully saturated rings. The molecule has 0 saturated heterocycles. The molecule has 3 heteroatoms. The van der Waals surface area contributed by atoms with E-state index in [1.807, 2.05) is 0 Å². The van der Waals surface area contributed by atoms with Crippen molar-refractivity contribution >= 4 is 0 Å². The molecule has 0 aromatic rings.